The summed E-state index contributed by atoms with van der Waals surface area (Å²) in [6.45, 7) is 0. The third-order valence-electron chi connectivity index (χ3n) is 3.68. The second kappa shape index (κ2) is 6.33. The van der Waals surface area contributed by atoms with E-state index in [2.05, 4.69) is 4.98 Å². The molecule has 0 N–H and O–H groups in total. The molecule has 7 heteroatoms. The van der Waals surface area contributed by atoms with E-state index >= 15 is 0 Å². The zero-order valence-electron chi connectivity index (χ0n) is 12.9. The Balaban J connectivity index is 2.31. The average Bonchev–Trinajstić information content (AvgIpc) is 2.61. The minimum absolute atomic E-state index is 0.0952. The van der Waals surface area contributed by atoms with Crippen LogP contribution in [0.5, 0.6) is 11.5 Å². The maximum Gasteiger partial charge on any atom is 0.303 e. The fourth-order valence-electron chi connectivity index (χ4n) is 2.50. The summed E-state index contributed by atoms with van der Waals surface area (Å²) >= 11 is 6.26. The lowest BCUT2D eigenvalue weighted by molar-refractivity contribution is -0.382. The van der Waals surface area contributed by atoms with Crippen molar-refractivity contribution in [2.24, 2.45) is 0 Å². The van der Waals surface area contributed by atoms with Crippen LogP contribution in [0.15, 0.2) is 42.5 Å². The summed E-state index contributed by atoms with van der Waals surface area (Å²) in [6, 6.07) is 11.8. The van der Waals surface area contributed by atoms with Gasteiger partial charge in [-0.15, -0.1) is 0 Å². The summed E-state index contributed by atoms with van der Waals surface area (Å²) in [5.74, 6) is 1.20. The number of nitro groups is 1. The molecule has 0 atom stereocenters. The van der Waals surface area contributed by atoms with E-state index in [9.17, 15) is 10.1 Å². The first-order chi connectivity index (χ1) is 11.5. The Morgan fingerprint density at radius 3 is 2.21 bits per heavy atom. The number of nitrogens with zero attached hydrogens (tertiary/aromatic N) is 2. The van der Waals surface area contributed by atoms with Gasteiger partial charge in [-0.1, -0.05) is 11.6 Å². The Kier molecular flexibility index (Phi) is 4.22. The number of fused-ring (bicyclic) bond motifs is 1. The van der Waals surface area contributed by atoms with Crippen LogP contribution in [0, 0.1) is 10.1 Å². The Hall–Kier alpha value is -2.86. The van der Waals surface area contributed by atoms with Gasteiger partial charge in [0.1, 0.15) is 16.7 Å². The van der Waals surface area contributed by atoms with E-state index in [-0.39, 0.29) is 16.5 Å². The van der Waals surface area contributed by atoms with Crippen molar-refractivity contribution in [3.63, 3.8) is 0 Å². The van der Waals surface area contributed by atoms with Gasteiger partial charge < -0.3 is 9.47 Å². The topological polar surface area (TPSA) is 74.5 Å². The number of aromatic nitrogens is 1. The number of hydrogen-bond acceptors (Lipinski definition) is 5. The molecule has 3 rings (SSSR count). The lowest BCUT2D eigenvalue weighted by atomic mass is 10.0. The van der Waals surface area contributed by atoms with E-state index in [0.717, 1.165) is 0 Å². The van der Waals surface area contributed by atoms with Crippen molar-refractivity contribution in [3.8, 4) is 22.8 Å². The molecule has 1 aromatic heterocycles. The lowest BCUT2D eigenvalue weighted by Gasteiger charge is -2.09. The first-order valence-electron chi connectivity index (χ1n) is 7.01. The minimum Gasteiger partial charge on any atom is -0.497 e. The van der Waals surface area contributed by atoms with Crippen molar-refractivity contribution in [1.29, 1.82) is 0 Å². The Morgan fingerprint density at radius 1 is 1.00 bits per heavy atom. The zero-order chi connectivity index (χ0) is 17.3. The second-order valence-electron chi connectivity index (χ2n) is 5.00. The van der Waals surface area contributed by atoms with E-state index in [0.29, 0.717) is 27.8 Å². The zero-order valence-corrected chi connectivity index (χ0v) is 13.7. The van der Waals surface area contributed by atoms with Crippen molar-refractivity contribution in [2.45, 2.75) is 0 Å². The summed E-state index contributed by atoms with van der Waals surface area (Å²) in [7, 11) is 3.07. The Labute approximate surface area is 142 Å². The SMILES string of the molecule is COc1ccc(-c2nc(Cl)c3cc(OC)ccc3c2[N+](=O)[O-])cc1. The van der Waals surface area contributed by atoms with E-state index in [1.54, 1.807) is 49.6 Å². The summed E-state index contributed by atoms with van der Waals surface area (Å²) in [5.41, 5.74) is 0.703. The number of methoxy groups -OCH3 is 2. The third kappa shape index (κ3) is 2.72. The molecule has 122 valence electrons. The van der Waals surface area contributed by atoms with Crippen LogP contribution in [0.3, 0.4) is 0 Å². The van der Waals surface area contributed by atoms with Crippen LogP contribution >= 0.6 is 11.6 Å². The fraction of sp³-hybridized carbons (Fsp3) is 0.118. The quantitative estimate of drug-likeness (QED) is 0.396. The van der Waals surface area contributed by atoms with Crippen LogP contribution in [0.2, 0.25) is 5.15 Å². The van der Waals surface area contributed by atoms with Crippen LogP contribution < -0.4 is 9.47 Å². The van der Waals surface area contributed by atoms with Crippen molar-refractivity contribution < 1.29 is 14.4 Å². The molecule has 1 heterocycles. The highest BCUT2D eigenvalue weighted by Crippen LogP contribution is 2.39. The van der Waals surface area contributed by atoms with Gasteiger partial charge in [0, 0.05) is 10.9 Å². The van der Waals surface area contributed by atoms with Gasteiger partial charge in [-0.2, -0.15) is 0 Å². The average molecular weight is 345 g/mol. The largest absolute Gasteiger partial charge is 0.497 e. The van der Waals surface area contributed by atoms with E-state index < -0.39 is 4.92 Å². The number of rotatable bonds is 4. The Bertz CT molecular complexity index is 926. The van der Waals surface area contributed by atoms with Crippen molar-refractivity contribution in [1.82, 2.24) is 4.98 Å². The van der Waals surface area contributed by atoms with E-state index in [1.807, 2.05) is 0 Å². The number of benzene rings is 2. The van der Waals surface area contributed by atoms with Gasteiger partial charge >= 0.3 is 5.69 Å². The fourth-order valence-corrected chi connectivity index (χ4v) is 2.74. The molecule has 0 saturated carbocycles. The molecule has 0 bridgehead atoms. The van der Waals surface area contributed by atoms with Gasteiger partial charge in [-0.25, -0.2) is 4.98 Å². The number of ether oxygens (including phenoxy) is 2. The van der Waals surface area contributed by atoms with E-state index in [1.165, 1.54) is 7.11 Å². The maximum absolute atomic E-state index is 11.7. The molecule has 0 fully saturated rings. The predicted octanol–water partition coefficient (Wildman–Crippen LogP) is 4.48. The predicted molar refractivity (Wildman–Crippen MR) is 91.9 cm³/mol. The highest BCUT2D eigenvalue weighted by molar-refractivity contribution is 6.35. The smallest absolute Gasteiger partial charge is 0.303 e. The maximum atomic E-state index is 11.7. The first kappa shape index (κ1) is 16.0. The summed E-state index contributed by atoms with van der Waals surface area (Å²) < 4.78 is 10.3. The lowest BCUT2D eigenvalue weighted by Crippen LogP contribution is -1.98. The van der Waals surface area contributed by atoms with Gasteiger partial charge in [0.15, 0.2) is 5.69 Å². The number of halogens is 1. The summed E-state index contributed by atoms with van der Waals surface area (Å²) in [4.78, 5) is 15.5. The molecule has 0 saturated heterocycles. The first-order valence-corrected chi connectivity index (χ1v) is 7.39. The summed E-state index contributed by atoms with van der Waals surface area (Å²) in [6.07, 6.45) is 0. The van der Waals surface area contributed by atoms with Crippen molar-refractivity contribution >= 4 is 28.1 Å². The second-order valence-corrected chi connectivity index (χ2v) is 5.35. The van der Waals surface area contributed by atoms with Crippen LogP contribution in [0.4, 0.5) is 5.69 Å². The van der Waals surface area contributed by atoms with Gasteiger partial charge in [-0.05, 0) is 42.5 Å². The molecular weight excluding hydrogens is 332 g/mol. The highest BCUT2D eigenvalue weighted by atomic mass is 35.5. The van der Waals surface area contributed by atoms with Gasteiger partial charge in [-0.3, -0.25) is 10.1 Å². The standard InChI is InChI=1S/C17H13ClN2O4/c1-23-11-5-3-10(4-6-11)15-16(20(21)22)13-8-7-12(24-2)9-14(13)17(18)19-15/h3-9H,1-2H3. The van der Waals surface area contributed by atoms with Crippen molar-refractivity contribution in [2.75, 3.05) is 14.2 Å². The number of hydrogen-bond donors (Lipinski definition) is 0. The molecule has 0 aliphatic carbocycles. The number of pyridine rings is 1. The molecule has 0 aliphatic heterocycles. The van der Waals surface area contributed by atoms with Crippen LogP contribution in [0.25, 0.3) is 22.0 Å². The highest BCUT2D eigenvalue weighted by Gasteiger charge is 2.24. The molecule has 3 aromatic rings. The minimum atomic E-state index is -0.447. The molecule has 6 nitrogen and oxygen atoms in total. The molecule has 2 aromatic carbocycles. The van der Waals surface area contributed by atoms with Crippen LogP contribution in [0.1, 0.15) is 0 Å². The molecular formula is C17H13ClN2O4. The van der Waals surface area contributed by atoms with Gasteiger partial charge in [0.25, 0.3) is 0 Å². The van der Waals surface area contributed by atoms with Crippen LogP contribution in [-0.4, -0.2) is 24.1 Å². The monoisotopic (exact) mass is 344 g/mol. The van der Waals surface area contributed by atoms with E-state index in [4.69, 9.17) is 21.1 Å². The molecule has 0 unspecified atom stereocenters. The molecule has 0 amide bonds. The van der Waals surface area contributed by atoms with Crippen molar-refractivity contribution in [3.05, 3.63) is 57.7 Å². The molecule has 0 aliphatic rings. The summed E-state index contributed by atoms with van der Waals surface area (Å²) in [5, 5.41) is 12.7. The normalized spacial score (nSPS) is 10.6. The molecule has 0 spiro atoms. The molecule has 0 radical (unpaired) electrons. The van der Waals surface area contributed by atoms with Crippen LogP contribution in [-0.2, 0) is 0 Å². The third-order valence-corrected chi connectivity index (χ3v) is 3.97. The molecule has 24 heavy (non-hydrogen) atoms. The van der Waals surface area contributed by atoms with Gasteiger partial charge in [0.2, 0.25) is 0 Å². The Morgan fingerprint density at radius 2 is 1.62 bits per heavy atom. The van der Waals surface area contributed by atoms with Gasteiger partial charge in [0.05, 0.1) is 24.5 Å².